The molecule has 1 atom stereocenters. The van der Waals surface area contributed by atoms with Crippen molar-refractivity contribution in [1.82, 2.24) is 9.88 Å². The van der Waals surface area contributed by atoms with Crippen LogP contribution in [0.4, 0.5) is 0 Å². The van der Waals surface area contributed by atoms with Gasteiger partial charge in [-0.15, -0.1) is 0 Å². The van der Waals surface area contributed by atoms with Crippen LogP contribution in [0.3, 0.4) is 0 Å². The predicted octanol–water partition coefficient (Wildman–Crippen LogP) is 2.73. The van der Waals surface area contributed by atoms with Gasteiger partial charge in [0.05, 0.1) is 5.69 Å². The van der Waals surface area contributed by atoms with E-state index < -0.39 is 0 Å². The number of nitrogens with zero attached hydrogens (tertiary/aromatic N) is 2. The van der Waals surface area contributed by atoms with Crippen LogP contribution in [0.15, 0.2) is 24.4 Å². The van der Waals surface area contributed by atoms with Crippen molar-refractivity contribution < 1.29 is 0 Å². The summed E-state index contributed by atoms with van der Waals surface area (Å²) in [6.45, 7) is 5.59. The van der Waals surface area contributed by atoms with Gasteiger partial charge in [0, 0.05) is 24.3 Å². The maximum atomic E-state index is 5.99. The molecule has 2 N–H and O–H groups in total. The average Bonchev–Trinajstić information content (AvgIpc) is 2.42. The summed E-state index contributed by atoms with van der Waals surface area (Å²) < 4.78 is 0. The molecular formula is C15H25N3. The first-order chi connectivity index (χ1) is 8.72. The standard InChI is InChI=1S/C15H25N3/c1-3-18(14-9-7-13(16)8-10-14)12(2)15-6-4-5-11-17-15/h4-6,11-14H,3,7-10,16H2,1-2H3. The fourth-order valence-corrected chi connectivity index (χ4v) is 3.07. The van der Waals surface area contributed by atoms with E-state index in [-0.39, 0.29) is 0 Å². The first kappa shape index (κ1) is 13.5. The normalized spacial score (nSPS) is 26.2. The van der Waals surface area contributed by atoms with E-state index in [0.717, 1.165) is 19.4 Å². The molecule has 1 unspecified atom stereocenters. The summed E-state index contributed by atoms with van der Waals surface area (Å²) in [5.74, 6) is 0. The molecule has 0 aliphatic heterocycles. The highest BCUT2D eigenvalue weighted by Crippen LogP contribution is 2.28. The molecule has 1 fully saturated rings. The van der Waals surface area contributed by atoms with Crippen molar-refractivity contribution in [3.63, 3.8) is 0 Å². The third-order valence-corrected chi connectivity index (χ3v) is 4.19. The summed E-state index contributed by atoms with van der Waals surface area (Å²) in [7, 11) is 0. The Labute approximate surface area is 110 Å². The van der Waals surface area contributed by atoms with Gasteiger partial charge in [0.1, 0.15) is 0 Å². The molecule has 1 aromatic heterocycles. The fraction of sp³-hybridized carbons (Fsp3) is 0.667. The lowest BCUT2D eigenvalue weighted by atomic mass is 9.90. The van der Waals surface area contributed by atoms with Crippen LogP contribution in [-0.4, -0.2) is 28.5 Å². The minimum atomic E-state index is 0.399. The molecule has 2 rings (SSSR count). The highest BCUT2D eigenvalue weighted by Gasteiger charge is 2.27. The largest absolute Gasteiger partial charge is 0.328 e. The van der Waals surface area contributed by atoms with E-state index in [9.17, 15) is 0 Å². The fourth-order valence-electron chi connectivity index (χ4n) is 3.07. The first-order valence-electron chi connectivity index (χ1n) is 7.14. The molecule has 3 heteroatoms. The second-order valence-corrected chi connectivity index (χ2v) is 5.33. The summed E-state index contributed by atoms with van der Waals surface area (Å²) in [5.41, 5.74) is 7.17. The number of hydrogen-bond acceptors (Lipinski definition) is 3. The van der Waals surface area contributed by atoms with E-state index in [1.165, 1.54) is 18.5 Å². The van der Waals surface area contributed by atoms with Gasteiger partial charge in [-0.05, 0) is 51.3 Å². The average molecular weight is 247 g/mol. The number of pyridine rings is 1. The lowest BCUT2D eigenvalue weighted by molar-refractivity contribution is 0.112. The second kappa shape index (κ2) is 6.30. The molecule has 18 heavy (non-hydrogen) atoms. The van der Waals surface area contributed by atoms with Crippen molar-refractivity contribution in [3.05, 3.63) is 30.1 Å². The van der Waals surface area contributed by atoms with E-state index in [0.29, 0.717) is 18.1 Å². The van der Waals surface area contributed by atoms with Gasteiger partial charge < -0.3 is 5.73 Å². The molecule has 0 aromatic carbocycles. The second-order valence-electron chi connectivity index (χ2n) is 5.33. The van der Waals surface area contributed by atoms with Crippen LogP contribution >= 0.6 is 0 Å². The molecule has 1 aliphatic carbocycles. The number of aromatic nitrogens is 1. The lowest BCUT2D eigenvalue weighted by Crippen LogP contribution is -2.42. The van der Waals surface area contributed by atoms with Gasteiger partial charge in [-0.3, -0.25) is 9.88 Å². The number of nitrogens with two attached hydrogens (primary N) is 1. The maximum Gasteiger partial charge on any atom is 0.0572 e. The van der Waals surface area contributed by atoms with Gasteiger partial charge in [0.15, 0.2) is 0 Å². The molecule has 100 valence electrons. The SMILES string of the molecule is CCN(C1CCC(N)CC1)C(C)c1ccccn1. The predicted molar refractivity (Wildman–Crippen MR) is 75.3 cm³/mol. The molecule has 1 aromatic rings. The summed E-state index contributed by atoms with van der Waals surface area (Å²) in [6, 6.07) is 7.67. The molecular weight excluding hydrogens is 222 g/mol. The van der Waals surface area contributed by atoms with Crippen molar-refractivity contribution in [2.75, 3.05) is 6.54 Å². The third-order valence-electron chi connectivity index (χ3n) is 4.19. The Morgan fingerprint density at radius 3 is 2.61 bits per heavy atom. The summed E-state index contributed by atoms with van der Waals surface area (Å²) in [6.07, 6.45) is 6.67. The topological polar surface area (TPSA) is 42.1 Å². The van der Waals surface area contributed by atoms with Crippen molar-refractivity contribution >= 4 is 0 Å². The smallest absolute Gasteiger partial charge is 0.0572 e. The van der Waals surface area contributed by atoms with Crippen LogP contribution < -0.4 is 5.73 Å². The molecule has 1 aliphatic rings. The number of rotatable bonds is 4. The number of hydrogen-bond donors (Lipinski definition) is 1. The van der Waals surface area contributed by atoms with E-state index in [1.54, 1.807) is 0 Å². The first-order valence-corrected chi connectivity index (χ1v) is 7.14. The summed E-state index contributed by atoms with van der Waals surface area (Å²) in [4.78, 5) is 7.07. The third kappa shape index (κ3) is 3.09. The van der Waals surface area contributed by atoms with Gasteiger partial charge in [-0.1, -0.05) is 13.0 Å². The van der Waals surface area contributed by atoms with Crippen LogP contribution in [0.2, 0.25) is 0 Å². The van der Waals surface area contributed by atoms with Gasteiger partial charge >= 0.3 is 0 Å². The zero-order chi connectivity index (χ0) is 13.0. The van der Waals surface area contributed by atoms with Gasteiger partial charge in [-0.25, -0.2) is 0 Å². The van der Waals surface area contributed by atoms with E-state index >= 15 is 0 Å². The van der Waals surface area contributed by atoms with E-state index in [1.807, 2.05) is 12.3 Å². The highest BCUT2D eigenvalue weighted by atomic mass is 15.2. The molecule has 0 amide bonds. The van der Waals surface area contributed by atoms with Crippen LogP contribution in [0, 0.1) is 0 Å². The van der Waals surface area contributed by atoms with Crippen LogP contribution in [-0.2, 0) is 0 Å². The van der Waals surface area contributed by atoms with E-state index in [4.69, 9.17) is 5.73 Å². The highest BCUT2D eigenvalue weighted by molar-refractivity contribution is 5.08. The Hall–Kier alpha value is -0.930. The molecule has 3 nitrogen and oxygen atoms in total. The zero-order valence-corrected chi connectivity index (χ0v) is 11.5. The minimum Gasteiger partial charge on any atom is -0.328 e. The zero-order valence-electron chi connectivity index (χ0n) is 11.5. The van der Waals surface area contributed by atoms with Gasteiger partial charge in [0.25, 0.3) is 0 Å². The van der Waals surface area contributed by atoms with Crippen molar-refractivity contribution in [1.29, 1.82) is 0 Å². The molecule has 1 heterocycles. The monoisotopic (exact) mass is 247 g/mol. The molecule has 0 radical (unpaired) electrons. The van der Waals surface area contributed by atoms with Gasteiger partial charge in [0.2, 0.25) is 0 Å². The molecule has 1 saturated carbocycles. The Morgan fingerprint density at radius 1 is 1.33 bits per heavy atom. The molecule has 0 saturated heterocycles. The minimum absolute atomic E-state index is 0.399. The maximum absolute atomic E-state index is 5.99. The van der Waals surface area contributed by atoms with Crippen molar-refractivity contribution in [2.24, 2.45) is 5.73 Å². The van der Waals surface area contributed by atoms with Gasteiger partial charge in [-0.2, -0.15) is 0 Å². The molecule has 0 bridgehead atoms. The lowest BCUT2D eigenvalue weighted by Gasteiger charge is -2.39. The van der Waals surface area contributed by atoms with Crippen LogP contribution in [0.25, 0.3) is 0 Å². The summed E-state index contributed by atoms with van der Waals surface area (Å²) >= 11 is 0. The Balaban J connectivity index is 2.04. The van der Waals surface area contributed by atoms with E-state index in [2.05, 4.69) is 35.9 Å². The van der Waals surface area contributed by atoms with Crippen LogP contribution in [0.1, 0.15) is 51.3 Å². The Kier molecular flexibility index (Phi) is 4.72. The molecule has 0 spiro atoms. The van der Waals surface area contributed by atoms with Crippen LogP contribution in [0.5, 0.6) is 0 Å². The van der Waals surface area contributed by atoms with Crippen molar-refractivity contribution in [3.8, 4) is 0 Å². The summed E-state index contributed by atoms with van der Waals surface area (Å²) in [5, 5.41) is 0. The Bertz CT molecular complexity index is 344. The quantitative estimate of drug-likeness (QED) is 0.889. The van der Waals surface area contributed by atoms with Crippen molar-refractivity contribution in [2.45, 2.75) is 57.7 Å². The Morgan fingerprint density at radius 2 is 2.06 bits per heavy atom.